The molecular formula is C26H23BrN2O4S. The van der Waals surface area contributed by atoms with Crippen LogP contribution < -0.4 is 19.5 Å². The van der Waals surface area contributed by atoms with Crippen LogP contribution in [0.1, 0.15) is 16.7 Å². The van der Waals surface area contributed by atoms with Crippen molar-refractivity contribution in [3.63, 3.8) is 0 Å². The number of nitrogens with one attached hydrogen (secondary N) is 1. The number of benzene rings is 3. The summed E-state index contributed by atoms with van der Waals surface area (Å²) in [4.78, 5) is 17.6. The number of amidine groups is 1. The third-order valence-corrected chi connectivity index (χ3v) is 6.64. The standard InChI is InChI=1S/C26H23BrN2O4S/c1-16-4-6-17(7-5-16)15-33-23-14-21(27)18(12-22(23)32-3)13-24-25(30)29-26(34-24)28-19-8-10-20(31-2)11-9-19/h4-14H,15H2,1-3H3,(H,28,29,30)/b24-13+. The Labute approximate surface area is 211 Å². The molecule has 0 saturated carbocycles. The Morgan fingerprint density at radius 1 is 1.00 bits per heavy atom. The molecule has 0 aromatic heterocycles. The molecule has 1 amide bonds. The summed E-state index contributed by atoms with van der Waals surface area (Å²) in [6.45, 7) is 2.47. The quantitative estimate of drug-likeness (QED) is 0.360. The maximum Gasteiger partial charge on any atom is 0.264 e. The SMILES string of the molecule is COc1ccc(N=C2NC(=O)/C(=C\c3cc(OC)c(OCc4ccc(C)cc4)cc3Br)S2)cc1. The van der Waals surface area contributed by atoms with E-state index in [1.165, 1.54) is 17.3 Å². The number of hydrogen-bond acceptors (Lipinski definition) is 6. The van der Waals surface area contributed by atoms with E-state index in [4.69, 9.17) is 14.2 Å². The average Bonchev–Trinajstić information content (AvgIpc) is 3.18. The van der Waals surface area contributed by atoms with Crippen LogP contribution in [0, 0.1) is 6.92 Å². The van der Waals surface area contributed by atoms with Crippen molar-refractivity contribution in [1.29, 1.82) is 0 Å². The third-order valence-electron chi connectivity index (χ3n) is 5.04. The van der Waals surface area contributed by atoms with Crippen molar-refractivity contribution in [2.75, 3.05) is 14.2 Å². The van der Waals surface area contributed by atoms with Gasteiger partial charge in [0.05, 0.1) is 24.8 Å². The Morgan fingerprint density at radius 3 is 2.41 bits per heavy atom. The molecule has 0 bridgehead atoms. The van der Waals surface area contributed by atoms with Crippen molar-refractivity contribution < 1.29 is 19.0 Å². The topological polar surface area (TPSA) is 69.2 Å². The minimum atomic E-state index is -0.206. The molecule has 0 aliphatic carbocycles. The molecule has 0 spiro atoms. The lowest BCUT2D eigenvalue weighted by Crippen LogP contribution is -2.19. The van der Waals surface area contributed by atoms with E-state index in [-0.39, 0.29) is 5.91 Å². The van der Waals surface area contributed by atoms with Crippen LogP contribution in [-0.2, 0) is 11.4 Å². The molecule has 6 nitrogen and oxygen atoms in total. The number of hydrogen-bond donors (Lipinski definition) is 1. The Bertz CT molecular complexity index is 1260. The molecule has 0 unspecified atom stereocenters. The molecule has 0 atom stereocenters. The Hall–Kier alpha value is -3.23. The van der Waals surface area contributed by atoms with Crippen LogP contribution in [0.25, 0.3) is 6.08 Å². The number of ether oxygens (including phenoxy) is 3. The normalized spacial score (nSPS) is 15.5. The highest BCUT2D eigenvalue weighted by Gasteiger charge is 2.24. The molecule has 1 N–H and O–H groups in total. The summed E-state index contributed by atoms with van der Waals surface area (Å²) in [5.74, 6) is 1.74. The van der Waals surface area contributed by atoms with Crippen molar-refractivity contribution >= 4 is 50.5 Å². The number of thioether (sulfide) groups is 1. The molecule has 3 aromatic carbocycles. The third kappa shape index (κ3) is 5.81. The maximum atomic E-state index is 12.5. The fourth-order valence-electron chi connectivity index (χ4n) is 3.17. The van der Waals surface area contributed by atoms with Gasteiger partial charge in [0.1, 0.15) is 12.4 Å². The first kappa shape index (κ1) is 23.9. The summed E-state index contributed by atoms with van der Waals surface area (Å²) in [6, 6.07) is 19.2. The maximum absolute atomic E-state index is 12.5. The van der Waals surface area contributed by atoms with Gasteiger partial charge in [-0.25, -0.2) is 4.99 Å². The Kier molecular flexibility index (Phi) is 7.59. The molecule has 174 valence electrons. The lowest BCUT2D eigenvalue weighted by molar-refractivity contribution is -0.115. The van der Waals surface area contributed by atoms with Gasteiger partial charge in [-0.3, -0.25) is 4.79 Å². The van der Waals surface area contributed by atoms with E-state index in [0.29, 0.717) is 28.2 Å². The van der Waals surface area contributed by atoms with Gasteiger partial charge in [0.2, 0.25) is 0 Å². The average molecular weight is 539 g/mol. The molecule has 3 aromatic rings. The second-order valence-corrected chi connectivity index (χ2v) is 9.36. The fourth-order valence-corrected chi connectivity index (χ4v) is 4.44. The van der Waals surface area contributed by atoms with Gasteiger partial charge in [-0.2, -0.15) is 0 Å². The number of aryl methyl sites for hydroxylation is 1. The second-order valence-electron chi connectivity index (χ2n) is 7.48. The van der Waals surface area contributed by atoms with Crippen molar-refractivity contribution in [2.24, 2.45) is 4.99 Å². The molecule has 8 heteroatoms. The van der Waals surface area contributed by atoms with Gasteiger partial charge in [0.25, 0.3) is 5.91 Å². The number of carbonyl (C=O) groups excluding carboxylic acids is 1. The van der Waals surface area contributed by atoms with E-state index in [1.54, 1.807) is 20.3 Å². The summed E-state index contributed by atoms with van der Waals surface area (Å²) in [7, 11) is 3.20. The number of halogens is 1. The van der Waals surface area contributed by atoms with Crippen LogP contribution in [0.2, 0.25) is 0 Å². The fraction of sp³-hybridized carbons (Fsp3) is 0.154. The van der Waals surface area contributed by atoms with E-state index in [1.807, 2.05) is 48.5 Å². The first-order valence-electron chi connectivity index (χ1n) is 10.4. The van der Waals surface area contributed by atoms with E-state index >= 15 is 0 Å². The first-order chi connectivity index (χ1) is 16.4. The second kappa shape index (κ2) is 10.8. The Morgan fingerprint density at radius 2 is 1.74 bits per heavy atom. The zero-order chi connectivity index (χ0) is 24.1. The van der Waals surface area contributed by atoms with Crippen LogP contribution in [0.4, 0.5) is 5.69 Å². The van der Waals surface area contributed by atoms with Crippen molar-refractivity contribution in [2.45, 2.75) is 13.5 Å². The lowest BCUT2D eigenvalue weighted by Gasteiger charge is -2.13. The number of rotatable bonds is 7. The minimum Gasteiger partial charge on any atom is -0.497 e. The van der Waals surface area contributed by atoms with Crippen LogP contribution in [0.5, 0.6) is 17.2 Å². The molecule has 1 saturated heterocycles. The van der Waals surface area contributed by atoms with Crippen molar-refractivity contribution in [3.8, 4) is 17.2 Å². The molecule has 1 heterocycles. The van der Waals surface area contributed by atoms with Crippen LogP contribution >= 0.6 is 27.7 Å². The summed E-state index contributed by atoms with van der Waals surface area (Å²) >= 11 is 4.87. The summed E-state index contributed by atoms with van der Waals surface area (Å²) in [5, 5.41) is 3.32. The summed E-state index contributed by atoms with van der Waals surface area (Å²) in [6.07, 6.45) is 1.80. The zero-order valence-corrected chi connectivity index (χ0v) is 21.3. The lowest BCUT2D eigenvalue weighted by atomic mass is 10.1. The highest BCUT2D eigenvalue weighted by atomic mass is 79.9. The van der Waals surface area contributed by atoms with E-state index in [9.17, 15) is 4.79 Å². The predicted molar refractivity (Wildman–Crippen MR) is 140 cm³/mol. The van der Waals surface area contributed by atoms with Gasteiger partial charge < -0.3 is 19.5 Å². The number of amides is 1. The van der Waals surface area contributed by atoms with E-state index in [2.05, 4.69) is 45.3 Å². The molecule has 34 heavy (non-hydrogen) atoms. The summed E-state index contributed by atoms with van der Waals surface area (Å²) < 4.78 is 17.5. The molecule has 0 radical (unpaired) electrons. The van der Waals surface area contributed by atoms with Gasteiger partial charge in [-0.15, -0.1) is 0 Å². The van der Waals surface area contributed by atoms with Crippen molar-refractivity contribution in [1.82, 2.24) is 5.32 Å². The largest absolute Gasteiger partial charge is 0.497 e. The molecule has 1 aliphatic rings. The monoisotopic (exact) mass is 538 g/mol. The highest BCUT2D eigenvalue weighted by Crippen LogP contribution is 2.37. The van der Waals surface area contributed by atoms with Gasteiger partial charge in [0.15, 0.2) is 16.7 Å². The van der Waals surface area contributed by atoms with Gasteiger partial charge in [-0.05, 0) is 72.3 Å². The number of carbonyl (C=O) groups is 1. The van der Waals surface area contributed by atoms with E-state index < -0.39 is 0 Å². The van der Waals surface area contributed by atoms with Crippen LogP contribution in [0.3, 0.4) is 0 Å². The molecule has 1 aliphatic heterocycles. The Balaban J connectivity index is 1.51. The van der Waals surface area contributed by atoms with E-state index in [0.717, 1.165) is 27.0 Å². The number of methoxy groups -OCH3 is 2. The summed E-state index contributed by atoms with van der Waals surface area (Å²) in [5.41, 5.74) is 3.79. The number of nitrogens with zero attached hydrogens (tertiary/aromatic N) is 1. The minimum absolute atomic E-state index is 0.206. The van der Waals surface area contributed by atoms with Gasteiger partial charge in [-0.1, -0.05) is 45.8 Å². The molecule has 1 fully saturated rings. The number of aliphatic imine (C=N–C) groups is 1. The molecular weight excluding hydrogens is 516 g/mol. The van der Waals surface area contributed by atoms with Gasteiger partial charge >= 0.3 is 0 Å². The zero-order valence-electron chi connectivity index (χ0n) is 18.9. The van der Waals surface area contributed by atoms with Crippen LogP contribution in [0.15, 0.2) is 75.0 Å². The highest BCUT2D eigenvalue weighted by molar-refractivity contribution is 9.10. The van der Waals surface area contributed by atoms with Crippen LogP contribution in [-0.4, -0.2) is 25.3 Å². The first-order valence-corrected chi connectivity index (χ1v) is 12.1. The van der Waals surface area contributed by atoms with Crippen molar-refractivity contribution in [3.05, 3.63) is 86.7 Å². The predicted octanol–water partition coefficient (Wildman–Crippen LogP) is 6.25. The molecule has 4 rings (SSSR count). The van der Waals surface area contributed by atoms with Gasteiger partial charge in [0, 0.05) is 4.47 Å². The smallest absolute Gasteiger partial charge is 0.264 e.